The maximum absolute atomic E-state index is 14.6. The fourth-order valence-corrected chi connectivity index (χ4v) is 5.30. The van der Waals surface area contributed by atoms with Crippen molar-refractivity contribution < 1.29 is 19.7 Å². The number of benzene rings is 2. The number of anilines is 3. The number of thiazole rings is 1. The van der Waals surface area contributed by atoms with Crippen molar-refractivity contribution in [1.82, 2.24) is 15.0 Å². The molecular weight excluding hydrogens is 469 g/mol. The summed E-state index contributed by atoms with van der Waals surface area (Å²) in [6, 6.07) is 12.2. The van der Waals surface area contributed by atoms with E-state index in [1.807, 2.05) is 37.3 Å². The predicted octanol–water partition coefficient (Wildman–Crippen LogP) is 3.71. The molecule has 2 aromatic carbocycles. The molecule has 5 N–H and O–H groups in total. The Bertz CT molecular complexity index is 1320. The number of aliphatic hydroxyl groups excluding tert-OH is 3. The lowest BCUT2D eigenvalue weighted by Crippen LogP contribution is -2.35. The second-order valence-electron chi connectivity index (χ2n) is 8.65. The number of hydrogen-bond acceptors (Lipinski definition) is 9. The fraction of sp³-hybridized carbons (Fsp3) is 0.320. The van der Waals surface area contributed by atoms with E-state index in [1.54, 1.807) is 12.3 Å². The van der Waals surface area contributed by atoms with Crippen LogP contribution in [0.2, 0.25) is 0 Å². The van der Waals surface area contributed by atoms with Gasteiger partial charge < -0.3 is 26.0 Å². The number of aliphatic hydroxyl groups is 3. The summed E-state index contributed by atoms with van der Waals surface area (Å²) in [5, 5.41) is 37.2. The van der Waals surface area contributed by atoms with E-state index in [1.165, 1.54) is 17.4 Å². The predicted molar refractivity (Wildman–Crippen MR) is 134 cm³/mol. The Hall–Kier alpha value is -3.18. The summed E-state index contributed by atoms with van der Waals surface area (Å²) in [5.41, 5.74) is 2.59. The van der Waals surface area contributed by atoms with Crippen molar-refractivity contribution in [2.24, 2.45) is 5.92 Å². The van der Waals surface area contributed by atoms with E-state index in [9.17, 15) is 19.7 Å². The molecule has 0 amide bonds. The monoisotopic (exact) mass is 495 g/mol. The molecule has 0 spiro atoms. The van der Waals surface area contributed by atoms with Crippen LogP contribution in [0.3, 0.4) is 0 Å². The van der Waals surface area contributed by atoms with Gasteiger partial charge in [-0.1, -0.05) is 25.1 Å². The average Bonchev–Trinajstić information content (AvgIpc) is 3.41. The molecule has 2 heterocycles. The van der Waals surface area contributed by atoms with Crippen molar-refractivity contribution in [3.63, 3.8) is 0 Å². The van der Waals surface area contributed by atoms with E-state index in [-0.39, 0.29) is 18.2 Å². The molecule has 2 aromatic heterocycles. The Labute approximate surface area is 205 Å². The number of halogens is 1. The number of nitrogens with one attached hydrogen (secondary N) is 2. The molecule has 0 saturated heterocycles. The normalized spacial score (nSPS) is 22.0. The van der Waals surface area contributed by atoms with Crippen molar-refractivity contribution in [2.45, 2.75) is 38.0 Å². The maximum atomic E-state index is 14.6. The lowest BCUT2D eigenvalue weighted by atomic mass is 10.1. The number of para-hydroxylation sites is 1. The van der Waals surface area contributed by atoms with E-state index in [4.69, 9.17) is 4.98 Å². The molecule has 0 bridgehead atoms. The SMILES string of the molecule is CCc1ccc(Nc2ncc(-c3nc4ccccc4s3)c(NC3CC(CO)C(O)C3O)n2)c(F)c1. The Morgan fingerprint density at radius 2 is 1.94 bits per heavy atom. The van der Waals surface area contributed by atoms with Crippen LogP contribution in [0, 0.1) is 11.7 Å². The van der Waals surface area contributed by atoms with E-state index < -0.39 is 30.0 Å². The van der Waals surface area contributed by atoms with Gasteiger partial charge in [-0.25, -0.2) is 14.4 Å². The molecule has 182 valence electrons. The molecule has 10 heteroatoms. The molecule has 8 nitrogen and oxygen atoms in total. The van der Waals surface area contributed by atoms with Crippen LogP contribution in [0.5, 0.6) is 0 Å². The molecule has 1 fully saturated rings. The second kappa shape index (κ2) is 9.82. The smallest absolute Gasteiger partial charge is 0.229 e. The highest BCUT2D eigenvalue weighted by Crippen LogP contribution is 2.36. The Balaban J connectivity index is 1.51. The summed E-state index contributed by atoms with van der Waals surface area (Å²) in [5.74, 6) is -0.286. The summed E-state index contributed by atoms with van der Waals surface area (Å²) < 4.78 is 15.6. The largest absolute Gasteiger partial charge is 0.396 e. The van der Waals surface area contributed by atoms with Gasteiger partial charge in [-0.3, -0.25) is 0 Å². The zero-order valence-electron chi connectivity index (χ0n) is 19.0. The van der Waals surface area contributed by atoms with E-state index in [2.05, 4.69) is 20.6 Å². The van der Waals surface area contributed by atoms with E-state index in [0.29, 0.717) is 22.8 Å². The highest BCUT2D eigenvalue weighted by atomic mass is 32.1. The number of rotatable bonds is 7. The minimum absolute atomic E-state index is 0.173. The van der Waals surface area contributed by atoms with Crippen LogP contribution in [0.25, 0.3) is 20.8 Å². The minimum atomic E-state index is -1.08. The zero-order valence-corrected chi connectivity index (χ0v) is 19.8. The highest BCUT2D eigenvalue weighted by Gasteiger charge is 2.41. The first-order chi connectivity index (χ1) is 17.0. The summed E-state index contributed by atoms with van der Waals surface area (Å²) in [7, 11) is 0. The molecule has 0 radical (unpaired) electrons. The van der Waals surface area contributed by atoms with E-state index >= 15 is 0 Å². The average molecular weight is 496 g/mol. The molecule has 4 aromatic rings. The van der Waals surface area contributed by atoms with Gasteiger partial charge in [0, 0.05) is 18.7 Å². The van der Waals surface area contributed by atoms with Crippen LogP contribution in [-0.2, 0) is 6.42 Å². The summed E-state index contributed by atoms with van der Waals surface area (Å²) in [6.07, 6.45) is 0.561. The van der Waals surface area contributed by atoms with Gasteiger partial charge >= 0.3 is 0 Å². The minimum Gasteiger partial charge on any atom is -0.396 e. The molecule has 1 saturated carbocycles. The van der Waals surface area contributed by atoms with Gasteiger partial charge in [0.05, 0.1) is 33.6 Å². The molecule has 1 aliphatic rings. The number of fused-ring (bicyclic) bond motifs is 1. The lowest BCUT2D eigenvalue weighted by molar-refractivity contribution is 0.00446. The van der Waals surface area contributed by atoms with Gasteiger partial charge in [0.25, 0.3) is 0 Å². The molecule has 5 rings (SSSR count). The number of aromatic nitrogens is 3. The van der Waals surface area contributed by atoms with Gasteiger partial charge in [-0.15, -0.1) is 11.3 Å². The zero-order chi connectivity index (χ0) is 24.5. The Kier molecular flexibility index (Phi) is 6.61. The Morgan fingerprint density at radius 3 is 2.66 bits per heavy atom. The van der Waals surface area contributed by atoms with Gasteiger partial charge in [0.15, 0.2) is 0 Å². The van der Waals surface area contributed by atoms with E-state index in [0.717, 1.165) is 22.2 Å². The molecule has 4 unspecified atom stereocenters. The summed E-state index contributed by atoms with van der Waals surface area (Å²) >= 11 is 1.48. The fourth-order valence-electron chi connectivity index (χ4n) is 4.32. The maximum Gasteiger partial charge on any atom is 0.229 e. The Morgan fingerprint density at radius 1 is 1.11 bits per heavy atom. The van der Waals surface area contributed by atoms with Crippen LogP contribution < -0.4 is 10.6 Å². The third-order valence-electron chi connectivity index (χ3n) is 6.36. The molecule has 1 aliphatic carbocycles. The van der Waals surface area contributed by atoms with Crippen LogP contribution in [0.15, 0.2) is 48.7 Å². The van der Waals surface area contributed by atoms with Crippen molar-refractivity contribution in [3.05, 3.63) is 60.0 Å². The van der Waals surface area contributed by atoms with Crippen molar-refractivity contribution in [1.29, 1.82) is 0 Å². The number of nitrogens with zero attached hydrogens (tertiary/aromatic N) is 3. The van der Waals surface area contributed by atoms with Gasteiger partial charge in [-0.2, -0.15) is 4.98 Å². The summed E-state index contributed by atoms with van der Waals surface area (Å²) in [6.45, 7) is 1.73. The van der Waals surface area contributed by atoms with Crippen LogP contribution in [0.1, 0.15) is 18.9 Å². The van der Waals surface area contributed by atoms with Gasteiger partial charge in [-0.05, 0) is 42.7 Å². The molecule has 4 atom stereocenters. The lowest BCUT2D eigenvalue weighted by Gasteiger charge is -2.20. The van der Waals surface area contributed by atoms with Crippen LogP contribution >= 0.6 is 11.3 Å². The number of hydrogen-bond donors (Lipinski definition) is 5. The van der Waals surface area contributed by atoms with Crippen LogP contribution in [0.4, 0.5) is 21.8 Å². The quantitative estimate of drug-likeness (QED) is 0.263. The third kappa shape index (κ3) is 4.70. The van der Waals surface area contributed by atoms with Crippen molar-refractivity contribution >= 4 is 39.0 Å². The first-order valence-corrected chi connectivity index (χ1v) is 12.3. The van der Waals surface area contributed by atoms with Crippen LogP contribution in [-0.4, -0.2) is 55.1 Å². The van der Waals surface area contributed by atoms with Crippen molar-refractivity contribution in [3.8, 4) is 10.6 Å². The second-order valence-corrected chi connectivity index (χ2v) is 9.68. The molecule has 35 heavy (non-hydrogen) atoms. The first-order valence-electron chi connectivity index (χ1n) is 11.5. The first kappa shape index (κ1) is 23.6. The standard InChI is InChI=1S/C25H26FN5O3S/c1-2-13-7-8-17(16(26)9-13)30-25-27-11-15(24-29-18-5-3-4-6-20(18)35-24)23(31-25)28-19-10-14(12-32)21(33)22(19)34/h3-9,11,14,19,21-22,32-34H,2,10,12H2,1H3,(H2,27,28,30,31). The highest BCUT2D eigenvalue weighted by molar-refractivity contribution is 7.21. The topological polar surface area (TPSA) is 123 Å². The van der Waals surface area contributed by atoms with Gasteiger partial charge in [0.1, 0.15) is 22.7 Å². The number of aryl methyl sites for hydroxylation is 1. The molecular formula is C25H26FN5O3S. The summed E-state index contributed by atoms with van der Waals surface area (Å²) in [4.78, 5) is 13.7. The molecule has 0 aliphatic heterocycles. The van der Waals surface area contributed by atoms with Gasteiger partial charge in [0.2, 0.25) is 5.95 Å². The van der Waals surface area contributed by atoms with Crippen molar-refractivity contribution in [2.75, 3.05) is 17.2 Å². The third-order valence-corrected chi connectivity index (χ3v) is 7.43.